The van der Waals surface area contributed by atoms with Crippen molar-refractivity contribution in [1.82, 2.24) is 10.2 Å². The summed E-state index contributed by atoms with van der Waals surface area (Å²) in [6, 6.07) is 7.06. The molecule has 0 spiro atoms. The normalized spacial score (nSPS) is 12.9. The molecule has 0 amide bonds. The highest BCUT2D eigenvalue weighted by atomic mass is 79.9. The van der Waals surface area contributed by atoms with E-state index in [1.54, 1.807) is 0 Å². The molecule has 4 heteroatoms. The van der Waals surface area contributed by atoms with Crippen LogP contribution in [0.1, 0.15) is 45.7 Å². The van der Waals surface area contributed by atoms with E-state index in [0.717, 1.165) is 31.9 Å². The van der Waals surface area contributed by atoms with Gasteiger partial charge in [0.15, 0.2) is 0 Å². The molecule has 0 aromatic heterocycles. The Kier molecular flexibility index (Phi) is 9.65. The minimum absolute atomic E-state index is 0.411. The largest absolute Gasteiger partial charge is 0.310 e. The van der Waals surface area contributed by atoms with Gasteiger partial charge in [-0.25, -0.2) is 0 Å². The van der Waals surface area contributed by atoms with Gasteiger partial charge in [0.05, 0.1) is 0 Å². The maximum Gasteiger partial charge on any atom is 0.0302 e. The first kappa shape index (κ1) is 19.0. The smallest absolute Gasteiger partial charge is 0.0302 e. The molecule has 0 aliphatic carbocycles. The number of nitrogens with one attached hydrogen (secondary N) is 1. The molecule has 1 aromatic rings. The highest BCUT2D eigenvalue weighted by Crippen LogP contribution is 2.30. The highest BCUT2D eigenvalue weighted by molar-refractivity contribution is 9.10. The van der Waals surface area contributed by atoms with E-state index in [2.05, 4.69) is 72.0 Å². The number of hydrogen-bond acceptors (Lipinski definition) is 3. The van der Waals surface area contributed by atoms with Crippen LogP contribution in [0.4, 0.5) is 0 Å². The summed E-state index contributed by atoms with van der Waals surface area (Å²) >= 11 is 5.57. The fourth-order valence-electron chi connectivity index (χ4n) is 2.29. The van der Waals surface area contributed by atoms with Crippen molar-refractivity contribution in [2.45, 2.75) is 45.1 Å². The number of nitrogens with zero attached hydrogens (tertiary/aromatic N) is 1. The predicted octanol–water partition coefficient (Wildman–Crippen LogP) is 4.94. The second-order valence-electron chi connectivity index (χ2n) is 5.23. The van der Waals surface area contributed by atoms with E-state index in [1.807, 2.05) is 11.8 Å². The molecule has 0 aliphatic heterocycles. The average molecular weight is 373 g/mol. The topological polar surface area (TPSA) is 15.3 Å². The van der Waals surface area contributed by atoms with Crippen molar-refractivity contribution < 1.29 is 0 Å². The quantitative estimate of drug-likeness (QED) is 0.585. The van der Waals surface area contributed by atoms with Gasteiger partial charge >= 0.3 is 0 Å². The van der Waals surface area contributed by atoms with Gasteiger partial charge in [0, 0.05) is 27.7 Å². The average Bonchev–Trinajstić information content (AvgIpc) is 2.49. The summed E-state index contributed by atoms with van der Waals surface area (Å²) in [7, 11) is 0. The molecule has 0 saturated heterocycles. The second kappa shape index (κ2) is 10.7. The second-order valence-corrected chi connectivity index (χ2v) is 7.29. The van der Waals surface area contributed by atoms with E-state index >= 15 is 0 Å². The third kappa shape index (κ3) is 6.72. The third-order valence-corrected chi connectivity index (χ3v) is 5.25. The van der Waals surface area contributed by atoms with Crippen LogP contribution < -0.4 is 5.32 Å². The van der Waals surface area contributed by atoms with E-state index in [1.165, 1.54) is 21.4 Å². The summed E-state index contributed by atoms with van der Waals surface area (Å²) in [5.74, 6) is 1.14. The molecule has 1 rings (SSSR count). The number of hydrogen-bond donors (Lipinski definition) is 1. The van der Waals surface area contributed by atoms with Crippen LogP contribution in [0.15, 0.2) is 27.6 Å². The molecule has 1 atom stereocenters. The summed E-state index contributed by atoms with van der Waals surface area (Å²) in [5.41, 5.74) is 1.41. The Bertz CT molecular complexity index is 408. The van der Waals surface area contributed by atoms with Gasteiger partial charge in [-0.15, -0.1) is 11.8 Å². The van der Waals surface area contributed by atoms with Gasteiger partial charge in [-0.3, -0.25) is 0 Å². The van der Waals surface area contributed by atoms with Crippen LogP contribution in [0.5, 0.6) is 0 Å². The fraction of sp³-hybridized carbons (Fsp3) is 0.647. The van der Waals surface area contributed by atoms with Crippen molar-refractivity contribution in [3.05, 3.63) is 28.2 Å². The van der Waals surface area contributed by atoms with Crippen LogP contribution in [0.3, 0.4) is 0 Å². The van der Waals surface area contributed by atoms with Gasteiger partial charge in [0.25, 0.3) is 0 Å². The minimum Gasteiger partial charge on any atom is -0.310 e. The van der Waals surface area contributed by atoms with E-state index in [9.17, 15) is 0 Å². The zero-order valence-corrected chi connectivity index (χ0v) is 16.2. The molecule has 2 nitrogen and oxygen atoms in total. The summed E-state index contributed by atoms with van der Waals surface area (Å²) in [6.45, 7) is 13.4. The van der Waals surface area contributed by atoms with E-state index in [-0.39, 0.29) is 0 Å². The molecule has 1 N–H and O–H groups in total. The van der Waals surface area contributed by atoms with Gasteiger partial charge < -0.3 is 10.2 Å². The van der Waals surface area contributed by atoms with Crippen LogP contribution in [0, 0.1) is 0 Å². The SMILES string of the molecule is CCCNC(C)c1ccc(Br)cc1SCCN(CC)CC. The lowest BCUT2D eigenvalue weighted by Crippen LogP contribution is -2.25. The molecule has 120 valence electrons. The van der Waals surface area contributed by atoms with Crippen LogP contribution >= 0.6 is 27.7 Å². The Balaban J connectivity index is 2.68. The lowest BCUT2D eigenvalue weighted by molar-refractivity contribution is 0.324. The molecular weight excluding hydrogens is 344 g/mol. The van der Waals surface area contributed by atoms with Crippen molar-refractivity contribution >= 4 is 27.7 Å². The molecule has 0 heterocycles. The molecule has 0 aliphatic rings. The van der Waals surface area contributed by atoms with E-state index in [0.29, 0.717) is 6.04 Å². The van der Waals surface area contributed by atoms with Crippen molar-refractivity contribution in [2.75, 3.05) is 31.9 Å². The fourth-order valence-corrected chi connectivity index (χ4v) is 3.99. The van der Waals surface area contributed by atoms with Gasteiger partial charge in [-0.05, 0) is 50.7 Å². The summed E-state index contributed by atoms with van der Waals surface area (Å²) < 4.78 is 1.17. The number of benzene rings is 1. The maximum absolute atomic E-state index is 3.60. The molecule has 21 heavy (non-hydrogen) atoms. The molecular formula is C17H29BrN2S. The van der Waals surface area contributed by atoms with Crippen LogP contribution in [0.2, 0.25) is 0 Å². The van der Waals surface area contributed by atoms with Crippen molar-refractivity contribution in [3.8, 4) is 0 Å². The Morgan fingerprint density at radius 3 is 2.57 bits per heavy atom. The standard InChI is InChI=1S/C17H29BrN2S/c1-5-10-19-14(4)16-9-8-15(18)13-17(16)21-12-11-20(6-2)7-3/h8-9,13-14,19H,5-7,10-12H2,1-4H3. The number of rotatable bonds is 10. The van der Waals surface area contributed by atoms with Crippen LogP contribution in [0.25, 0.3) is 0 Å². The molecule has 0 bridgehead atoms. The summed E-state index contributed by atoms with van der Waals surface area (Å²) in [4.78, 5) is 3.87. The monoisotopic (exact) mass is 372 g/mol. The van der Waals surface area contributed by atoms with Crippen molar-refractivity contribution in [1.29, 1.82) is 0 Å². The number of thioether (sulfide) groups is 1. The molecule has 0 radical (unpaired) electrons. The lowest BCUT2D eigenvalue weighted by atomic mass is 10.1. The summed E-state index contributed by atoms with van der Waals surface area (Å²) in [6.07, 6.45) is 1.17. The maximum atomic E-state index is 3.60. The Morgan fingerprint density at radius 2 is 1.95 bits per heavy atom. The zero-order chi connectivity index (χ0) is 15.7. The Hall–Kier alpha value is -0.0300. The van der Waals surface area contributed by atoms with E-state index in [4.69, 9.17) is 0 Å². The lowest BCUT2D eigenvalue weighted by Gasteiger charge is -2.20. The Labute approximate surface area is 143 Å². The molecule has 1 unspecified atom stereocenters. The van der Waals surface area contributed by atoms with Crippen molar-refractivity contribution in [2.24, 2.45) is 0 Å². The van der Waals surface area contributed by atoms with Crippen LogP contribution in [-0.4, -0.2) is 36.8 Å². The molecule has 1 aromatic carbocycles. The first-order valence-electron chi connectivity index (χ1n) is 8.00. The predicted molar refractivity (Wildman–Crippen MR) is 99.4 cm³/mol. The highest BCUT2D eigenvalue weighted by Gasteiger charge is 2.11. The van der Waals surface area contributed by atoms with Gasteiger partial charge in [-0.2, -0.15) is 0 Å². The van der Waals surface area contributed by atoms with E-state index < -0.39 is 0 Å². The van der Waals surface area contributed by atoms with Gasteiger partial charge in [0.2, 0.25) is 0 Å². The molecule has 0 saturated carbocycles. The Morgan fingerprint density at radius 1 is 1.24 bits per heavy atom. The first-order chi connectivity index (χ1) is 10.1. The summed E-state index contributed by atoms with van der Waals surface area (Å²) in [5, 5.41) is 3.59. The molecule has 0 fully saturated rings. The number of halogens is 1. The zero-order valence-electron chi connectivity index (χ0n) is 13.8. The van der Waals surface area contributed by atoms with Gasteiger partial charge in [0.1, 0.15) is 0 Å². The third-order valence-electron chi connectivity index (χ3n) is 3.70. The first-order valence-corrected chi connectivity index (χ1v) is 9.78. The minimum atomic E-state index is 0.411. The van der Waals surface area contributed by atoms with Crippen molar-refractivity contribution in [3.63, 3.8) is 0 Å². The van der Waals surface area contributed by atoms with Crippen LogP contribution in [-0.2, 0) is 0 Å². The van der Waals surface area contributed by atoms with Gasteiger partial charge in [-0.1, -0.05) is 42.8 Å².